The van der Waals surface area contributed by atoms with E-state index in [1.807, 2.05) is 52.0 Å². The smallest absolute Gasteiger partial charge is 0.229 e. The first-order chi connectivity index (χ1) is 13.5. The summed E-state index contributed by atoms with van der Waals surface area (Å²) in [5.74, 6) is 0.0419. The molecule has 3 rings (SSSR count). The minimum absolute atomic E-state index is 0.132. The molecule has 1 aromatic heterocycles. The van der Waals surface area contributed by atoms with Gasteiger partial charge in [-0.25, -0.2) is 14.4 Å². The van der Waals surface area contributed by atoms with Crippen molar-refractivity contribution >= 4 is 11.7 Å². The summed E-state index contributed by atoms with van der Waals surface area (Å²) in [6.45, 7) is 7.96. The molecule has 0 aliphatic rings. The van der Waals surface area contributed by atoms with Gasteiger partial charge in [0.15, 0.2) is 5.82 Å². The van der Waals surface area contributed by atoms with Gasteiger partial charge in [0.2, 0.25) is 5.91 Å². The van der Waals surface area contributed by atoms with Crippen molar-refractivity contribution in [3.63, 3.8) is 0 Å². The van der Waals surface area contributed by atoms with Crippen LogP contribution in [0.25, 0.3) is 11.3 Å². The maximum atomic E-state index is 13.1. The van der Waals surface area contributed by atoms with Gasteiger partial charge in [0.05, 0.1) is 24.0 Å². The number of halogens is 1. The SMILES string of the molecule is CC.CCc1nc(-c2ccc(F)cc2)cnc1NC(=O)Cc1ccc(C)cc1. The van der Waals surface area contributed by atoms with Gasteiger partial charge in [-0.2, -0.15) is 0 Å². The van der Waals surface area contributed by atoms with Crippen molar-refractivity contribution in [2.75, 3.05) is 5.32 Å². The van der Waals surface area contributed by atoms with Crippen molar-refractivity contribution in [3.8, 4) is 11.3 Å². The van der Waals surface area contributed by atoms with Crippen LogP contribution in [0.15, 0.2) is 54.7 Å². The van der Waals surface area contributed by atoms with Crippen LogP contribution in [0.1, 0.15) is 37.6 Å². The molecule has 3 aromatic rings. The molecule has 0 aliphatic heterocycles. The molecular weight excluding hydrogens is 353 g/mol. The fourth-order valence-corrected chi connectivity index (χ4v) is 2.61. The molecule has 0 saturated heterocycles. The van der Waals surface area contributed by atoms with E-state index in [1.54, 1.807) is 18.3 Å². The molecule has 0 bridgehead atoms. The molecule has 2 aromatic carbocycles. The fraction of sp³-hybridized carbons (Fsp3) is 0.261. The number of hydrogen-bond acceptors (Lipinski definition) is 3. The van der Waals surface area contributed by atoms with E-state index in [2.05, 4.69) is 15.3 Å². The number of carbonyl (C=O) groups is 1. The first-order valence-electron chi connectivity index (χ1n) is 9.52. The van der Waals surface area contributed by atoms with Crippen molar-refractivity contribution in [1.82, 2.24) is 9.97 Å². The Morgan fingerprint density at radius 1 is 1.04 bits per heavy atom. The summed E-state index contributed by atoms with van der Waals surface area (Å²) in [5, 5.41) is 2.84. The van der Waals surface area contributed by atoms with E-state index in [-0.39, 0.29) is 18.1 Å². The molecule has 146 valence electrons. The first-order valence-corrected chi connectivity index (χ1v) is 9.52. The summed E-state index contributed by atoms with van der Waals surface area (Å²) in [6, 6.07) is 14.0. The third-order valence-electron chi connectivity index (χ3n) is 4.06. The lowest BCUT2D eigenvalue weighted by Crippen LogP contribution is -2.17. The second kappa shape index (κ2) is 10.3. The lowest BCUT2D eigenvalue weighted by molar-refractivity contribution is -0.115. The van der Waals surface area contributed by atoms with Crippen molar-refractivity contribution in [2.24, 2.45) is 0 Å². The van der Waals surface area contributed by atoms with E-state index in [0.29, 0.717) is 23.6 Å². The van der Waals surface area contributed by atoms with E-state index in [4.69, 9.17) is 0 Å². The highest BCUT2D eigenvalue weighted by Crippen LogP contribution is 2.20. The van der Waals surface area contributed by atoms with Crippen LogP contribution in [-0.4, -0.2) is 15.9 Å². The lowest BCUT2D eigenvalue weighted by atomic mass is 10.1. The largest absolute Gasteiger partial charge is 0.309 e. The predicted octanol–water partition coefficient (Wildman–Crippen LogP) is 5.36. The summed E-state index contributed by atoms with van der Waals surface area (Å²) in [6.07, 6.45) is 2.50. The van der Waals surface area contributed by atoms with Gasteiger partial charge in [0.25, 0.3) is 0 Å². The summed E-state index contributed by atoms with van der Waals surface area (Å²) < 4.78 is 13.1. The molecule has 0 atom stereocenters. The van der Waals surface area contributed by atoms with Crippen LogP contribution >= 0.6 is 0 Å². The van der Waals surface area contributed by atoms with Crippen LogP contribution in [0.3, 0.4) is 0 Å². The Hall–Kier alpha value is -3.08. The average Bonchev–Trinajstić information content (AvgIpc) is 2.72. The second-order valence-electron chi connectivity index (χ2n) is 6.12. The number of carbonyl (C=O) groups excluding carboxylic acids is 1. The summed E-state index contributed by atoms with van der Waals surface area (Å²) in [4.78, 5) is 21.2. The Balaban J connectivity index is 0.00000136. The Bertz CT molecular complexity index is 906. The Morgan fingerprint density at radius 2 is 1.68 bits per heavy atom. The van der Waals surface area contributed by atoms with Gasteiger partial charge in [-0.1, -0.05) is 50.6 Å². The molecule has 1 N–H and O–H groups in total. The van der Waals surface area contributed by atoms with Crippen molar-refractivity contribution in [2.45, 2.75) is 40.5 Å². The number of amides is 1. The van der Waals surface area contributed by atoms with Gasteiger partial charge in [-0.3, -0.25) is 4.79 Å². The molecule has 1 heterocycles. The van der Waals surface area contributed by atoms with Crippen LogP contribution < -0.4 is 5.32 Å². The molecule has 0 fully saturated rings. The highest BCUT2D eigenvalue weighted by atomic mass is 19.1. The highest BCUT2D eigenvalue weighted by molar-refractivity contribution is 5.91. The molecular formula is C23H26FN3O. The number of aryl methyl sites for hydroxylation is 2. The molecule has 5 heteroatoms. The number of hydrogen-bond donors (Lipinski definition) is 1. The van der Waals surface area contributed by atoms with Gasteiger partial charge in [-0.15, -0.1) is 0 Å². The van der Waals surface area contributed by atoms with Gasteiger partial charge >= 0.3 is 0 Å². The predicted molar refractivity (Wildman–Crippen MR) is 112 cm³/mol. The maximum Gasteiger partial charge on any atom is 0.229 e. The molecule has 1 amide bonds. The molecule has 0 saturated carbocycles. The first kappa shape index (κ1) is 21.2. The number of anilines is 1. The normalized spacial score (nSPS) is 10.0. The molecule has 0 aliphatic carbocycles. The molecule has 0 spiro atoms. The van der Waals surface area contributed by atoms with Crippen molar-refractivity contribution in [1.29, 1.82) is 0 Å². The fourth-order valence-electron chi connectivity index (χ4n) is 2.61. The third kappa shape index (κ3) is 5.71. The van der Waals surface area contributed by atoms with Gasteiger partial charge < -0.3 is 5.32 Å². The number of nitrogens with one attached hydrogen (secondary N) is 1. The molecule has 4 nitrogen and oxygen atoms in total. The monoisotopic (exact) mass is 379 g/mol. The minimum atomic E-state index is -0.294. The zero-order valence-electron chi connectivity index (χ0n) is 16.8. The summed E-state index contributed by atoms with van der Waals surface area (Å²) in [5.41, 5.74) is 4.24. The van der Waals surface area contributed by atoms with Gasteiger partial charge in [0, 0.05) is 5.56 Å². The van der Waals surface area contributed by atoms with Crippen LogP contribution in [0, 0.1) is 12.7 Å². The van der Waals surface area contributed by atoms with Crippen LogP contribution in [0.4, 0.5) is 10.2 Å². The number of nitrogens with zero attached hydrogens (tertiary/aromatic N) is 2. The molecule has 0 radical (unpaired) electrons. The van der Waals surface area contributed by atoms with E-state index in [9.17, 15) is 9.18 Å². The van der Waals surface area contributed by atoms with Crippen molar-refractivity contribution < 1.29 is 9.18 Å². The highest BCUT2D eigenvalue weighted by Gasteiger charge is 2.11. The van der Waals surface area contributed by atoms with E-state index in [0.717, 1.165) is 16.7 Å². The topological polar surface area (TPSA) is 54.9 Å². The van der Waals surface area contributed by atoms with E-state index < -0.39 is 0 Å². The van der Waals surface area contributed by atoms with Crippen LogP contribution in [0.2, 0.25) is 0 Å². The maximum absolute atomic E-state index is 13.1. The standard InChI is InChI=1S/C21H20FN3O.C2H6/c1-3-18-21(25-20(26)12-15-6-4-14(2)5-7-15)23-13-19(24-18)16-8-10-17(22)11-9-16;1-2/h4-11,13H,3,12H2,1-2H3,(H,23,25,26);1-2H3. The van der Waals surface area contributed by atoms with E-state index in [1.165, 1.54) is 12.1 Å². The summed E-state index contributed by atoms with van der Waals surface area (Å²) in [7, 11) is 0. The van der Waals surface area contributed by atoms with Gasteiger partial charge in [0.1, 0.15) is 5.82 Å². The van der Waals surface area contributed by atoms with E-state index >= 15 is 0 Å². The number of rotatable bonds is 5. The minimum Gasteiger partial charge on any atom is -0.309 e. The zero-order chi connectivity index (χ0) is 20.5. The summed E-state index contributed by atoms with van der Waals surface area (Å²) >= 11 is 0. The Kier molecular flexibility index (Phi) is 7.81. The molecule has 0 unspecified atom stereocenters. The Labute approximate surface area is 165 Å². The molecule has 28 heavy (non-hydrogen) atoms. The van der Waals surface area contributed by atoms with Crippen LogP contribution in [0.5, 0.6) is 0 Å². The quantitative estimate of drug-likeness (QED) is 0.649. The lowest BCUT2D eigenvalue weighted by Gasteiger charge is -2.10. The number of benzene rings is 2. The zero-order valence-corrected chi connectivity index (χ0v) is 16.8. The number of aromatic nitrogens is 2. The van der Waals surface area contributed by atoms with Crippen LogP contribution in [-0.2, 0) is 17.6 Å². The second-order valence-corrected chi connectivity index (χ2v) is 6.12. The third-order valence-corrected chi connectivity index (χ3v) is 4.06. The van der Waals surface area contributed by atoms with Crippen molar-refractivity contribution in [3.05, 3.63) is 77.4 Å². The van der Waals surface area contributed by atoms with Gasteiger partial charge in [-0.05, 0) is 43.2 Å². The Morgan fingerprint density at radius 3 is 2.29 bits per heavy atom. The average molecular weight is 379 g/mol.